The molecule has 0 bridgehead atoms. The molecule has 0 aliphatic heterocycles. The first kappa shape index (κ1) is 17.3. The number of hydrogen-bond acceptors (Lipinski definition) is 3. The summed E-state index contributed by atoms with van der Waals surface area (Å²) in [5.74, 6) is 3.34. The third-order valence-corrected chi connectivity index (χ3v) is 9.36. The highest BCUT2D eigenvalue weighted by Gasteiger charge is 2.60. The lowest BCUT2D eigenvalue weighted by Gasteiger charge is -2.61. The standard InChI is InChI=1S/C21H36O3/c1-20-9-7-14(23)11-13(20)3-4-15-16-5-6-18(19(24)12-22)21(16,2)10-8-17(15)20/h13-19,22-24H,3-12H2,1-2H3/t13-,14-,15?,16?,17?,18+,19+,20-,21-/m0/s1. The van der Waals surface area contributed by atoms with E-state index in [2.05, 4.69) is 13.8 Å². The van der Waals surface area contributed by atoms with Crippen molar-refractivity contribution in [3.63, 3.8) is 0 Å². The van der Waals surface area contributed by atoms with Crippen LogP contribution in [-0.4, -0.2) is 34.1 Å². The minimum absolute atomic E-state index is 0.0657. The quantitative estimate of drug-likeness (QED) is 0.724. The molecule has 0 saturated heterocycles. The van der Waals surface area contributed by atoms with Crippen molar-refractivity contribution in [2.24, 2.45) is 40.4 Å². The third-order valence-electron chi connectivity index (χ3n) is 9.36. The molecule has 24 heavy (non-hydrogen) atoms. The zero-order valence-electron chi connectivity index (χ0n) is 15.5. The van der Waals surface area contributed by atoms with Gasteiger partial charge in [-0.1, -0.05) is 13.8 Å². The van der Waals surface area contributed by atoms with Crippen molar-refractivity contribution in [2.75, 3.05) is 6.61 Å². The lowest BCUT2D eigenvalue weighted by atomic mass is 9.44. The minimum Gasteiger partial charge on any atom is -0.394 e. The summed E-state index contributed by atoms with van der Waals surface area (Å²) >= 11 is 0. The number of aliphatic hydroxyl groups excluding tert-OH is 3. The molecular weight excluding hydrogens is 300 g/mol. The molecule has 0 spiro atoms. The van der Waals surface area contributed by atoms with Gasteiger partial charge in [0.1, 0.15) is 0 Å². The molecule has 0 radical (unpaired) electrons. The van der Waals surface area contributed by atoms with E-state index in [-0.39, 0.29) is 24.0 Å². The predicted octanol–water partition coefficient (Wildman–Crippen LogP) is 3.36. The van der Waals surface area contributed by atoms with Crippen molar-refractivity contribution in [1.29, 1.82) is 0 Å². The molecule has 0 amide bonds. The summed E-state index contributed by atoms with van der Waals surface area (Å²) in [6, 6.07) is 0. The van der Waals surface area contributed by atoms with Crippen LogP contribution in [0, 0.1) is 40.4 Å². The van der Waals surface area contributed by atoms with Crippen LogP contribution in [0.15, 0.2) is 0 Å². The molecule has 4 fully saturated rings. The van der Waals surface area contributed by atoms with E-state index in [1.165, 1.54) is 38.5 Å². The Morgan fingerprint density at radius 3 is 2.38 bits per heavy atom. The van der Waals surface area contributed by atoms with Gasteiger partial charge in [0.2, 0.25) is 0 Å². The van der Waals surface area contributed by atoms with Gasteiger partial charge in [0.25, 0.3) is 0 Å². The van der Waals surface area contributed by atoms with Crippen molar-refractivity contribution in [1.82, 2.24) is 0 Å². The Labute approximate surface area is 146 Å². The van der Waals surface area contributed by atoms with Crippen LogP contribution in [-0.2, 0) is 0 Å². The summed E-state index contributed by atoms with van der Waals surface area (Å²) < 4.78 is 0. The summed E-state index contributed by atoms with van der Waals surface area (Å²) in [5.41, 5.74) is 0.651. The van der Waals surface area contributed by atoms with Gasteiger partial charge in [-0.25, -0.2) is 0 Å². The van der Waals surface area contributed by atoms with E-state index in [9.17, 15) is 15.3 Å². The van der Waals surface area contributed by atoms with Crippen LogP contribution in [0.25, 0.3) is 0 Å². The smallest absolute Gasteiger partial charge is 0.0804 e. The van der Waals surface area contributed by atoms with Crippen LogP contribution in [0.1, 0.15) is 71.6 Å². The molecule has 3 N–H and O–H groups in total. The molecule has 3 heteroatoms. The molecule has 0 aromatic rings. The minimum atomic E-state index is -0.534. The van der Waals surface area contributed by atoms with Gasteiger partial charge >= 0.3 is 0 Å². The Bertz CT molecular complexity index is 480. The molecule has 4 aliphatic rings. The highest BCUT2D eigenvalue weighted by molar-refractivity contribution is 5.10. The predicted molar refractivity (Wildman–Crippen MR) is 94.3 cm³/mol. The van der Waals surface area contributed by atoms with E-state index < -0.39 is 6.10 Å². The Hall–Kier alpha value is -0.120. The fraction of sp³-hybridized carbons (Fsp3) is 1.00. The van der Waals surface area contributed by atoms with Crippen LogP contribution < -0.4 is 0 Å². The molecule has 138 valence electrons. The van der Waals surface area contributed by atoms with Gasteiger partial charge in [0.05, 0.1) is 18.8 Å². The average molecular weight is 337 g/mol. The molecule has 3 nitrogen and oxygen atoms in total. The van der Waals surface area contributed by atoms with Crippen molar-refractivity contribution >= 4 is 0 Å². The van der Waals surface area contributed by atoms with Crippen molar-refractivity contribution in [3.05, 3.63) is 0 Å². The molecular formula is C21H36O3. The lowest BCUT2D eigenvalue weighted by molar-refractivity contribution is -0.134. The normalized spacial score (nSPS) is 55.4. The topological polar surface area (TPSA) is 60.7 Å². The molecule has 0 heterocycles. The van der Waals surface area contributed by atoms with Gasteiger partial charge in [-0.05, 0) is 98.2 Å². The Balaban J connectivity index is 1.59. The van der Waals surface area contributed by atoms with E-state index in [0.29, 0.717) is 11.3 Å². The van der Waals surface area contributed by atoms with Crippen molar-refractivity contribution in [2.45, 2.75) is 83.8 Å². The third kappa shape index (κ3) is 2.34. The second-order valence-electron chi connectivity index (χ2n) is 10.1. The Kier molecular flexibility index (Phi) is 4.29. The zero-order valence-corrected chi connectivity index (χ0v) is 15.5. The fourth-order valence-corrected chi connectivity index (χ4v) is 8.04. The van der Waals surface area contributed by atoms with Gasteiger partial charge in [-0.2, -0.15) is 0 Å². The number of fused-ring (bicyclic) bond motifs is 5. The molecule has 4 saturated carbocycles. The second-order valence-corrected chi connectivity index (χ2v) is 10.1. The van der Waals surface area contributed by atoms with Gasteiger partial charge in [-0.15, -0.1) is 0 Å². The molecule has 3 unspecified atom stereocenters. The van der Waals surface area contributed by atoms with E-state index in [1.807, 2.05) is 0 Å². The maximum absolute atomic E-state index is 10.3. The fourth-order valence-electron chi connectivity index (χ4n) is 8.04. The summed E-state index contributed by atoms with van der Waals surface area (Å²) in [6.45, 7) is 4.85. The van der Waals surface area contributed by atoms with Crippen LogP contribution in [0.3, 0.4) is 0 Å². The van der Waals surface area contributed by atoms with E-state index in [4.69, 9.17) is 0 Å². The SMILES string of the molecule is C[C@]12CCC3C(CC[C@H]4C[C@@H](O)CC[C@]34C)C1CC[C@@H]2[C@H](O)CO. The average Bonchev–Trinajstić information content (AvgIpc) is 2.92. The maximum Gasteiger partial charge on any atom is 0.0804 e. The summed E-state index contributed by atoms with van der Waals surface area (Å²) in [6.07, 6.45) is 10.0. The summed E-state index contributed by atoms with van der Waals surface area (Å²) in [7, 11) is 0. The van der Waals surface area contributed by atoms with Gasteiger partial charge in [-0.3, -0.25) is 0 Å². The molecule has 0 aromatic carbocycles. The van der Waals surface area contributed by atoms with E-state index >= 15 is 0 Å². The van der Waals surface area contributed by atoms with Gasteiger partial charge < -0.3 is 15.3 Å². The van der Waals surface area contributed by atoms with Gasteiger partial charge in [0.15, 0.2) is 0 Å². The summed E-state index contributed by atoms with van der Waals surface area (Å²) in [5, 5.41) is 29.9. The monoisotopic (exact) mass is 336 g/mol. The second kappa shape index (κ2) is 5.96. The van der Waals surface area contributed by atoms with Crippen molar-refractivity contribution in [3.8, 4) is 0 Å². The Morgan fingerprint density at radius 2 is 1.62 bits per heavy atom. The van der Waals surface area contributed by atoms with Crippen LogP contribution in [0.5, 0.6) is 0 Å². The molecule has 9 atom stereocenters. The van der Waals surface area contributed by atoms with Gasteiger partial charge in [0, 0.05) is 0 Å². The first-order valence-corrected chi connectivity index (χ1v) is 10.4. The van der Waals surface area contributed by atoms with E-state index in [0.717, 1.165) is 37.0 Å². The van der Waals surface area contributed by atoms with Crippen LogP contribution in [0.4, 0.5) is 0 Å². The van der Waals surface area contributed by atoms with E-state index in [1.54, 1.807) is 0 Å². The first-order valence-electron chi connectivity index (χ1n) is 10.4. The largest absolute Gasteiger partial charge is 0.394 e. The molecule has 4 aliphatic carbocycles. The Morgan fingerprint density at radius 1 is 0.917 bits per heavy atom. The highest BCUT2D eigenvalue weighted by atomic mass is 16.3. The summed E-state index contributed by atoms with van der Waals surface area (Å²) in [4.78, 5) is 0. The number of hydrogen-bond donors (Lipinski definition) is 3. The number of aliphatic hydroxyl groups is 3. The van der Waals surface area contributed by atoms with Crippen molar-refractivity contribution < 1.29 is 15.3 Å². The lowest BCUT2D eigenvalue weighted by Crippen LogP contribution is -2.54. The highest BCUT2D eigenvalue weighted by Crippen LogP contribution is 2.67. The first-order chi connectivity index (χ1) is 11.4. The maximum atomic E-state index is 10.3. The molecule has 0 aromatic heterocycles. The van der Waals surface area contributed by atoms with Crippen LogP contribution >= 0.6 is 0 Å². The number of rotatable bonds is 2. The van der Waals surface area contributed by atoms with Crippen LogP contribution in [0.2, 0.25) is 0 Å². The molecule has 4 rings (SSSR count). The zero-order chi connectivity index (χ0) is 17.1.